The molecule has 1 saturated heterocycles. The maximum absolute atomic E-state index is 12.3. The molecular weight excluding hydrogens is 126 g/mol. The van der Waals surface area contributed by atoms with E-state index in [1.54, 1.807) is 0 Å². The first-order valence-corrected chi connectivity index (χ1v) is 3.06. The summed E-state index contributed by atoms with van der Waals surface area (Å²) in [6.45, 7) is 1.67. The minimum absolute atomic E-state index is 0.226. The number of rotatable bonds is 1. The second-order valence-electron chi connectivity index (χ2n) is 2.52. The summed E-state index contributed by atoms with van der Waals surface area (Å²) >= 11 is 0. The number of hydrogen-bond donors (Lipinski definition) is 0. The maximum atomic E-state index is 12.3. The summed E-state index contributed by atoms with van der Waals surface area (Å²) in [6.07, 6.45) is 0.503. The number of halogens is 2. The van der Waals surface area contributed by atoms with Crippen LogP contribution < -0.4 is 0 Å². The van der Waals surface area contributed by atoms with Gasteiger partial charge in [0, 0.05) is 12.5 Å². The normalized spacial score (nSPS) is 29.0. The minimum atomic E-state index is -2.55. The molecule has 1 heterocycles. The fourth-order valence-electron chi connectivity index (χ4n) is 0.934. The number of ether oxygens (including phenoxy) is 1. The first kappa shape index (κ1) is 6.93. The average molecular weight is 136 g/mol. The highest BCUT2D eigenvalue weighted by Gasteiger charge is 2.36. The molecule has 1 unspecified atom stereocenters. The topological polar surface area (TPSA) is 9.23 Å². The zero-order valence-corrected chi connectivity index (χ0v) is 5.36. The van der Waals surface area contributed by atoms with Crippen LogP contribution >= 0.6 is 0 Å². The summed E-state index contributed by atoms with van der Waals surface area (Å²) in [5.74, 6) is -3.09. The van der Waals surface area contributed by atoms with Crippen LogP contribution in [0, 0.1) is 5.92 Å². The van der Waals surface area contributed by atoms with Crippen LogP contribution in [0.2, 0.25) is 0 Å². The van der Waals surface area contributed by atoms with E-state index in [4.69, 9.17) is 4.74 Å². The molecule has 1 aliphatic rings. The van der Waals surface area contributed by atoms with Gasteiger partial charge >= 0.3 is 0 Å². The third-order valence-electron chi connectivity index (χ3n) is 1.65. The molecule has 1 atom stereocenters. The Morgan fingerprint density at radius 1 is 1.56 bits per heavy atom. The van der Waals surface area contributed by atoms with E-state index in [9.17, 15) is 8.78 Å². The molecule has 0 saturated carbocycles. The van der Waals surface area contributed by atoms with Crippen molar-refractivity contribution in [1.82, 2.24) is 0 Å². The molecule has 0 radical (unpaired) electrons. The van der Waals surface area contributed by atoms with E-state index >= 15 is 0 Å². The van der Waals surface area contributed by atoms with Gasteiger partial charge in [0.2, 0.25) is 5.92 Å². The van der Waals surface area contributed by atoms with Crippen LogP contribution in [0.1, 0.15) is 13.3 Å². The lowest BCUT2D eigenvalue weighted by molar-refractivity contribution is -0.0413. The molecule has 0 aromatic heterocycles. The van der Waals surface area contributed by atoms with Crippen molar-refractivity contribution in [1.29, 1.82) is 0 Å². The van der Waals surface area contributed by atoms with Crippen molar-refractivity contribution in [2.24, 2.45) is 5.92 Å². The van der Waals surface area contributed by atoms with Gasteiger partial charge in [-0.05, 0) is 13.3 Å². The predicted molar refractivity (Wildman–Crippen MR) is 29.5 cm³/mol. The lowest BCUT2D eigenvalue weighted by Crippen LogP contribution is -2.24. The van der Waals surface area contributed by atoms with E-state index in [0.29, 0.717) is 13.0 Å². The molecule has 0 aromatic carbocycles. The van der Waals surface area contributed by atoms with Gasteiger partial charge in [0.1, 0.15) is 0 Å². The molecule has 54 valence electrons. The van der Waals surface area contributed by atoms with Crippen molar-refractivity contribution < 1.29 is 13.5 Å². The van der Waals surface area contributed by atoms with Gasteiger partial charge in [-0.25, -0.2) is 8.78 Å². The summed E-state index contributed by atoms with van der Waals surface area (Å²) in [5.41, 5.74) is 0. The Labute approximate surface area is 53.0 Å². The predicted octanol–water partition coefficient (Wildman–Crippen LogP) is 1.68. The molecule has 0 aromatic rings. The van der Waals surface area contributed by atoms with Gasteiger partial charge in [-0.2, -0.15) is 0 Å². The van der Waals surface area contributed by atoms with Crippen molar-refractivity contribution in [2.45, 2.75) is 19.3 Å². The van der Waals surface area contributed by atoms with E-state index in [-0.39, 0.29) is 6.61 Å². The third-order valence-corrected chi connectivity index (χ3v) is 1.65. The molecular formula is C6H10F2O. The Morgan fingerprint density at radius 3 is 2.44 bits per heavy atom. The van der Waals surface area contributed by atoms with Crippen LogP contribution in [0.15, 0.2) is 0 Å². The Balaban J connectivity index is 2.42. The van der Waals surface area contributed by atoms with E-state index in [1.807, 2.05) is 0 Å². The van der Waals surface area contributed by atoms with E-state index in [2.05, 4.69) is 0 Å². The van der Waals surface area contributed by atoms with Gasteiger partial charge in [0.25, 0.3) is 0 Å². The van der Waals surface area contributed by atoms with Gasteiger partial charge in [0.15, 0.2) is 0 Å². The molecule has 1 aliphatic heterocycles. The van der Waals surface area contributed by atoms with Gasteiger partial charge in [0.05, 0.1) is 6.61 Å². The average Bonchev–Trinajstić information content (AvgIpc) is 2.08. The standard InChI is InChI=1S/C6H10F2O/c1-6(7,8)5-2-3-9-4-5/h5H,2-4H2,1H3. The van der Waals surface area contributed by atoms with Gasteiger partial charge in [-0.3, -0.25) is 0 Å². The fraction of sp³-hybridized carbons (Fsp3) is 1.00. The Bertz CT molecular complexity index is 91.7. The second-order valence-corrected chi connectivity index (χ2v) is 2.52. The molecule has 3 heteroatoms. The summed E-state index contributed by atoms with van der Waals surface area (Å²) in [4.78, 5) is 0. The first-order valence-electron chi connectivity index (χ1n) is 3.06. The molecule has 0 spiro atoms. The largest absolute Gasteiger partial charge is 0.381 e. The molecule has 0 aliphatic carbocycles. The molecule has 0 amide bonds. The van der Waals surface area contributed by atoms with Gasteiger partial charge < -0.3 is 4.74 Å². The quantitative estimate of drug-likeness (QED) is 0.533. The van der Waals surface area contributed by atoms with Crippen LogP contribution in [-0.4, -0.2) is 19.1 Å². The van der Waals surface area contributed by atoms with E-state index in [1.165, 1.54) is 0 Å². The first-order chi connectivity index (χ1) is 4.11. The van der Waals surface area contributed by atoms with E-state index in [0.717, 1.165) is 6.92 Å². The van der Waals surface area contributed by atoms with Crippen molar-refractivity contribution in [3.05, 3.63) is 0 Å². The zero-order chi connectivity index (χ0) is 6.91. The second kappa shape index (κ2) is 2.21. The fourth-order valence-corrected chi connectivity index (χ4v) is 0.934. The van der Waals surface area contributed by atoms with Crippen molar-refractivity contribution in [3.63, 3.8) is 0 Å². The third kappa shape index (κ3) is 1.61. The lowest BCUT2D eigenvalue weighted by Gasteiger charge is -2.15. The number of alkyl halides is 2. The lowest BCUT2D eigenvalue weighted by atomic mass is 10.0. The molecule has 0 N–H and O–H groups in total. The summed E-state index contributed by atoms with van der Waals surface area (Å²) in [5, 5.41) is 0. The zero-order valence-electron chi connectivity index (χ0n) is 5.36. The highest BCUT2D eigenvalue weighted by atomic mass is 19.3. The van der Waals surface area contributed by atoms with Crippen molar-refractivity contribution >= 4 is 0 Å². The van der Waals surface area contributed by atoms with Crippen molar-refractivity contribution in [3.8, 4) is 0 Å². The van der Waals surface area contributed by atoms with Crippen LogP contribution in [-0.2, 0) is 4.74 Å². The Morgan fingerprint density at radius 2 is 2.22 bits per heavy atom. The Kier molecular flexibility index (Phi) is 1.70. The molecule has 1 nitrogen and oxygen atoms in total. The Hall–Kier alpha value is -0.180. The number of hydrogen-bond acceptors (Lipinski definition) is 1. The highest BCUT2D eigenvalue weighted by molar-refractivity contribution is 4.75. The summed E-state index contributed by atoms with van der Waals surface area (Å²) in [6, 6.07) is 0. The molecule has 9 heavy (non-hydrogen) atoms. The van der Waals surface area contributed by atoms with E-state index < -0.39 is 11.8 Å². The SMILES string of the molecule is CC(F)(F)C1CCOC1. The van der Waals surface area contributed by atoms with Crippen LogP contribution in [0.3, 0.4) is 0 Å². The summed E-state index contributed by atoms with van der Waals surface area (Å²) < 4.78 is 29.5. The smallest absolute Gasteiger partial charge is 0.250 e. The maximum Gasteiger partial charge on any atom is 0.250 e. The minimum Gasteiger partial charge on any atom is -0.381 e. The van der Waals surface area contributed by atoms with Crippen molar-refractivity contribution in [2.75, 3.05) is 13.2 Å². The van der Waals surface area contributed by atoms with Gasteiger partial charge in [-0.1, -0.05) is 0 Å². The molecule has 0 bridgehead atoms. The highest BCUT2D eigenvalue weighted by Crippen LogP contribution is 2.29. The molecule has 1 rings (SSSR count). The van der Waals surface area contributed by atoms with Gasteiger partial charge in [-0.15, -0.1) is 0 Å². The monoisotopic (exact) mass is 136 g/mol. The van der Waals surface area contributed by atoms with Crippen LogP contribution in [0.5, 0.6) is 0 Å². The van der Waals surface area contributed by atoms with Crippen LogP contribution in [0.25, 0.3) is 0 Å². The van der Waals surface area contributed by atoms with Crippen LogP contribution in [0.4, 0.5) is 8.78 Å². The summed E-state index contributed by atoms with van der Waals surface area (Å²) in [7, 11) is 0. The molecule has 1 fully saturated rings.